The first-order chi connectivity index (χ1) is 20.4. The molecule has 230 valence electrons. The van der Waals surface area contributed by atoms with Crippen molar-refractivity contribution in [3.05, 3.63) is 41.0 Å². The van der Waals surface area contributed by atoms with E-state index in [0.29, 0.717) is 5.92 Å². The Balaban J connectivity index is 1.43. The van der Waals surface area contributed by atoms with E-state index in [2.05, 4.69) is 27.1 Å². The molecule has 2 aliphatic rings. The number of nitrogens with zero attached hydrogens (tertiary/aromatic N) is 3. The van der Waals surface area contributed by atoms with Gasteiger partial charge in [0.25, 0.3) is 5.91 Å². The lowest BCUT2D eigenvalue weighted by molar-refractivity contribution is -0.134. The fourth-order valence-corrected chi connectivity index (χ4v) is 5.47. The Morgan fingerprint density at radius 3 is 2.58 bits per heavy atom. The number of likely N-dealkylation sites (tertiary alicyclic amines) is 1. The van der Waals surface area contributed by atoms with Crippen LogP contribution in [0.5, 0.6) is 0 Å². The van der Waals surface area contributed by atoms with E-state index < -0.39 is 35.7 Å². The Morgan fingerprint density at radius 1 is 1.23 bits per heavy atom. The first-order valence-electron chi connectivity index (χ1n) is 14.6. The number of aromatic nitrogens is 1. The number of rotatable bonds is 9. The van der Waals surface area contributed by atoms with Gasteiger partial charge in [0.2, 0.25) is 5.91 Å². The monoisotopic (exact) mass is 608 g/mol. The number of carbonyl (C=O) groups is 3. The third kappa shape index (κ3) is 9.45. The van der Waals surface area contributed by atoms with E-state index in [1.807, 2.05) is 43.6 Å². The number of β-amino-alcohol motifs (C(OH)–C–C–N with tert-alkyl or cyclic N) is 1. The number of aliphatic hydroxyl groups is 1. The van der Waals surface area contributed by atoms with E-state index in [9.17, 15) is 19.5 Å². The molecule has 10 nitrogen and oxygen atoms in total. The summed E-state index contributed by atoms with van der Waals surface area (Å²) in [6, 6.07) is 6.61. The predicted octanol–water partition coefficient (Wildman–Crippen LogP) is 4.45. The highest BCUT2D eigenvalue weighted by atomic mass is 32.1. The topological polar surface area (TPSA) is 130 Å². The number of aliphatic hydroxyl groups excluding tert-OH is 1. The van der Waals surface area contributed by atoms with E-state index in [1.54, 1.807) is 32.1 Å². The van der Waals surface area contributed by atoms with Crippen LogP contribution in [-0.4, -0.2) is 76.1 Å². The zero-order valence-electron chi connectivity index (χ0n) is 25.4. The number of carbonyl (C=O) groups excluding carboxylic acids is 3. The molecule has 2 aromatic rings. The lowest BCUT2D eigenvalue weighted by atomic mass is 10.0. The molecule has 43 heavy (non-hydrogen) atoms. The van der Waals surface area contributed by atoms with Crippen LogP contribution in [0.2, 0.25) is 0 Å². The van der Waals surface area contributed by atoms with E-state index in [0.717, 1.165) is 34.5 Å². The molecular formula is C32H40N4O6S. The summed E-state index contributed by atoms with van der Waals surface area (Å²) < 4.78 is 10.9. The van der Waals surface area contributed by atoms with Crippen molar-refractivity contribution in [1.29, 1.82) is 0 Å². The minimum absolute atomic E-state index is 0.0199. The number of hydrogen-bond acceptors (Lipinski definition) is 8. The van der Waals surface area contributed by atoms with Gasteiger partial charge in [0, 0.05) is 25.3 Å². The van der Waals surface area contributed by atoms with Gasteiger partial charge in [-0.15, -0.1) is 11.3 Å². The Hall–Kier alpha value is -3.59. The summed E-state index contributed by atoms with van der Waals surface area (Å²) in [5.41, 5.74) is 3.82. The molecule has 0 unspecified atom stereocenters. The quantitative estimate of drug-likeness (QED) is 0.244. The molecule has 0 bridgehead atoms. The number of thiazole rings is 1. The van der Waals surface area contributed by atoms with Crippen LogP contribution in [0.15, 0.2) is 34.8 Å². The third-order valence-electron chi connectivity index (χ3n) is 7.03. The molecule has 0 radical (unpaired) electrons. The second kappa shape index (κ2) is 14.3. The minimum atomic E-state index is -0.932. The molecule has 1 saturated carbocycles. The highest BCUT2D eigenvalue weighted by Gasteiger charge is 2.41. The lowest BCUT2D eigenvalue weighted by Gasteiger charge is -2.26. The number of benzene rings is 1. The van der Waals surface area contributed by atoms with Gasteiger partial charge in [-0.05, 0) is 58.6 Å². The molecule has 3 amide bonds. The minimum Gasteiger partial charge on any atom is -0.442 e. The standard InChI is InChI=1S/C32H40N4O6S/c1-20(23-10-12-24(13-11-23)28-21(2)33-19-43-28)34-29(38)27-17-25(37)18-36(27)30(39)26(35-31(40)42-32(3,4)5)14-16-41-15-6-7-22-8-9-22/h10-13,19-20,22,25,27,37H,8-9,14-18H2,1-5H3,(H,34,38)/b35-26+/t20-,25+,27-/m0/s1. The van der Waals surface area contributed by atoms with Gasteiger partial charge >= 0.3 is 6.09 Å². The summed E-state index contributed by atoms with van der Waals surface area (Å²) >= 11 is 1.57. The summed E-state index contributed by atoms with van der Waals surface area (Å²) in [6.45, 7) is 9.19. The molecule has 0 spiro atoms. The van der Waals surface area contributed by atoms with Crippen LogP contribution < -0.4 is 5.32 Å². The van der Waals surface area contributed by atoms with Crippen molar-refractivity contribution in [2.24, 2.45) is 10.9 Å². The average Bonchev–Trinajstić information content (AvgIpc) is 3.53. The molecule has 1 saturated heterocycles. The number of aryl methyl sites for hydroxylation is 1. The second-order valence-electron chi connectivity index (χ2n) is 11.9. The summed E-state index contributed by atoms with van der Waals surface area (Å²) in [7, 11) is 0. The predicted molar refractivity (Wildman–Crippen MR) is 165 cm³/mol. The van der Waals surface area contributed by atoms with Crippen LogP contribution in [0.25, 0.3) is 10.4 Å². The van der Waals surface area contributed by atoms with E-state index in [4.69, 9.17) is 9.47 Å². The molecule has 2 heterocycles. The van der Waals surface area contributed by atoms with Crippen molar-refractivity contribution in [3.63, 3.8) is 0 Å². The van der Waals surface area contributed by atoms with E-state index in [-0.39, 0.29) is 44.4 Å². The number of hydrogen-bond donors (Lipinski definition) is 2. The second-order valence-corrected chi connectivity index (χ2v) is 12.8. The molecule has 1 aliphatic carbocycles. The zero-order valence-corrected chi connectivity index (χ0v) is 26.2. The summed E-state index contributed by atoms with van der Waals surface area (Å²) in [6.07, 6.45) is 0.517. The van der Waals surface area contributed by atoms with Gasteiger partial charge in [-0.2, -0.15) is 4.99 Å². The summed E-state index contributed by atoms with van der Waals surface area (Å²) in [4.78, 5) is 50.2. The number of ether oxygens (including phenoxy) is 2. The Morgan fingerprint density at radius 2 is 1.95 bits per heavy atom. The maximum Gasteiger partial charge on any atom is 0.434 e. The third-order valence-corrected chi connectivity index (χ3v) is 8.00. The van der Waals surface area contributed by atoms with Crippen molar-refractivity contribution in [1.82, 2.24) is 15.2 Å². The maximum atomic E-state index is 13.7. The average molecular weight is 609 g/mol. The summed E-state index contributed by atoms with van der Waals surface area (Å²) in [5, 5.41) is 13.4. The number of aliphatic imine (C=N–C) groups is 1. The molecule has 2 N–H and O–H groups in total. The molecule has 3 atom stereocenters. The number of nitrogens with one attached hydrogen (secondary N) is 1. The number of amides is 3. The van der Waals surface area contributed by atoms with Crippen molar-refractivity contribution in [2.45, 2.75) is 84.1 Å². The van der Waals surface area contributed by atoms with Gasteiger partial charge in [-0.25, -0.2) is 9.78 Å². The van der Waals surface area contributed by atoms with Crippen molar-refractivity contribution >= 4 is 35.0 Å². The molecule has 1 aliphatic heterocycles. The van der Waals surface area contributed by atoms with Crippen molar-refractivity contribution < 1.29 is 29.0 Å². The fourth-order valence-electron chi connectivity index (χ4n) is 4.66. The van der Waals surface area contributed by atoms with Gasteiger partial charge in [-0.3, -0.25) is 9.59 Å². The highest BCUT2D eigenvalue weighted by molar-refractivity contribution is 7.13. The van der Waals surface area contributed by atoms with Gasteiger partial charge in [0.1, 0.15) is 24.0 Å². The van der Waals surface area contributed by atoms with Gasteiger partial charge in [0.05, 0.1) is 34.8 Å². The lowest BCUT2D eigenvalue weighted by Crippen LogP contribution is -2.49. The molecule has 11 heteroatoms. The van der Waals surface area contributed by atoms with Gasteiger partial charge in [-0.1, -0.05) is 36.1 Å². The fraction of sp³-hybridized carbons (Fsp3) is 0.531. The van der Waals surface area contributed by atoms with Crippen LogP contribution in [0, 0.1) is 24.7 Å². The molecule has 2 fully saturated rings. The van der Waals surface area contributed by atoms with E-state index >= 15 is 0 Å². The Kier molecular flexibility index (Phi) is 10.7. The molecule has 1 aromatic carbocycles. The summed E-state index contributed by atoms with van der Waals surface area (Å²) in [5.74, 6) is 5.50. The smallest absolute Gasteiger partial charge is 0.434 e. The van der Waals surface area contributed by atoms with Crippen LogP contribution in [-0.2, 0) is 19.1 Å². The zero-order chi connectivity index (χ0) is 31.1. The first kappa shape index (κ1) is 32.3. The van der Waals surface area contributed by atoms with Crippen molar-refractivity contribution in [3.8, 4) is 22.3 Å². The van der Waals surface area contributed by atoms with E-state index in [1.165, 1.54) is 4.90 Å². The van der Waals surface area contributed by atoms with Crippen LogP contribution in [0.4, 0.5) is 4.79 Å². The van der Waals surface area contributed by atoms with Crippen LogP contribution in [0.3, 0.4) is 0 Å². The Labute approximate surface area is 256 Å². The van der Waals surface area contributed by atoms with Crippen molar-refractivity contribution in [2.75, 3.05) is 19.8 Å². The largest absolute Gasteiger partial charge is 0.442 e. The SMILES string of the molecule is Cc1ncsc1-c1ccc([C@H](C)NC(=O)[C@@H]2C[C@@H](O)CN2C(=O)/C(CCOCC#CC2CC2)=N/C(=O)OC(C)(C)C)cc1. The molecule has 4 rings (SSSR count). The Bertz CT molecular complexity index is 1400. The highest BCUT2D eigenvalue weighted by Crippen LogP contribution is 2.29. The van der Waals surface area contributed by atoms with Gasteiger partial charge in [0.15, 0.2) is 0 Å². The normalized spacial score (nSPS) is 19.4. The van der Waals surface area contributed by atoms with Crippen LogP contribution in [0.1, 0.15) is 70.7 Å². The van der Waals surface area contributed by atoms with Gasteiger partial charge < -0.3 is 24.8 Å². The first-order valence-corrected chi connectivity index (χ1v) is 15.5. The molecule has 1 aromatic heterocycles. The van der Waals surface area contributed by atoms with Crippen LogP contribution >= 0.6 is 11.3 Å². The maximum absolute atomic E-state index is 13.7. The molecular weight excluding hydrogens is 568 g/mol.